The van der Waals surface area contributed by atoms with E-state index in [2.05, 4.69) is 18.7 Å². The average Bonchev–Trinajstić information content (AvgIpc) is 2.17. The molecule has 0 aliphatic carbocycles. The monoisotopic (exact) mass is 184 g/mol. The normalized spacial score (nSPS) is 30.7. The van der Waals surface area contributed by atoms with Crippen molar-refractivity contribution in [3.8, 4) is 0 Å². The van der Waals surface area contributed by atoms with E-state index in [-0.39, 0.29) is 0 Å². The fourth-order valence-corrected chi connectivity index (χ4v) is 2.20. The Morgan fingerprint density at radius 1 is 1.38 bits per heavy atom. The summed E-state index contributed by atoms with van der Waals surface area (Å²) in [6.07, 6.45) is 5.30. The van der Waals surface area contributed by atoms with Crippen molar-refractivity contribution in [2.75, 3.05) is 19.6 Å². The van der Waals surface area contributed by atoms with Gasteiger partial charge in [0.15, 0.2) is 0 Å². The molecule has 1 aliphatic heterocycles. The van der Waals surface area contributed by atoms with Gasteiger partial charge in [-0.15, -0.1) is 0 Å². The van der Waals surface area contributed by atoms with Gasteiger partial charge in [0.05, 0.1) is 0 Å². The van der Waals surface area contributed by atoms with Crippen molar-refractivity contribution in [2.24, 2.45) is 11.7 Å². The summed E-state index contributed by atoms with van der Waals surface area (Å²) in [4.78, 5) is 2.62. The van der Waals surface area contributed by atoms with Crippen LogP contribution in [0, 0.1) is 5.92 Å². The van der Waals surface area contributed by atoms with E-state index in [1.807, 2.05) is 0 Å². The van der Waals surface area contributed by atoms with Crippen LogP contribution in [0.5, 0.6) is 0 Å². The van der Waals surface area contributed by atoms with Crippen LogP contribution in [-0.2, 0) is 0 Å². The molecule has 0 unspecified atom stereocenters. The highest BCUT2D eigenvalue weighted by molar-refractivity contribution is 4.78. The van der Waals surface area contributed by atoms with Crippen molar-refractivity contribution in [1.29, 1.82) is 0 Å². The molecule has 0 aromatic rings. The van der Waals surface area contributed by atoms with Crippen LogP contribution >= 0.6 is 0 Å². The van der Waals surface area contributed by atoms with Crippen LogP contribution in [0.2, 0.25) is 0 Å². The van der Waals surface area contributed by atoms with E-state index in [1.54, 1.807) is 0 Å². The minimum atomic E-state index is 0.786. The van der Waals surface area contributed by atoms with Gasteiger partial charge in [0.2, 0.25) is 0 Å². The Balaban J connectivity index is 2.31. The highest BCUT2D eigenvalue weighted by Crippen LogP contribution is 2.23. The number of hydrogen-bond acceptors (Lipinski definition) is 2. The lowest BCUT2D eigenvalue weighted by molar-refractivity contribution is 0.115. The Hall–Kier alpha value is -0.0800. The highest BCUT2D eigenvalue weighted by atomic mass is 15.2. The van der Waals surface area contributed by atoms with Gasteiger partial charge in [0.25, 0.3) is 0 Å². The fraction of sp³-hybridized carbons (Fsp3) is 1.00. The summed E-state index contributed by atoms with van der Waals surface area (Å²) < 4.78 is 0. The first-order valence-electron chi connectivity index (χ1n) is 5.72. The summed E-state index contributed by atoms with van der Waals surface area (Å²) in [7, 11) is 0. The molecule has 0 saturated carbocycles. The molecule has 0 radical (unpaired) electrons. The third kappa shape index (κ3) is 3.28. The van der Waals surface area contributed by atoms with Crippen LogP contribution in [0.25, 0.3) is 0 Å². The van der Waals surface area contributed by atoms with E-state index in [4.69, 9.17) is 5.73 Å². The molecule has 0 aromatic heterocycles. The van der Waals surface area contributed by atoms with Crippen molar-refractivity contribution in [2.45, 2.75) is 45.6 Å². The van der Waals surface area contributed by atoms with Gasteiger partial charge in [-0.1, -0.05) is 13.3 Å². The molecule has 0 amide bonds. The third-order valence-electron chi connectivity index (χ3n) is 3.34. The maximum absolute atomic E-state index is 5.53. The molecule has 2 N–H and O–H groups in total. The van der Waals surface area contributed by atoms with Gasteiger partial charge in [0.1, 0.15) is 0 Å². The minimum absolute atomic E-state index is 0.786. The number of rotatable bonds is 4. The van der Waals surface area contributed by atoms with E-state index in [0.717, 1.165) is 24.9 Å². The molecule has 1 aliphatic rings. The van der Waals surface area contributed by atoms with Crippen LogP contribution in [0.4, 0.5) is 0 Å². The fourth-order valence-electron chi connectivity index (χ4n) is 2.20. The summed E-state index contributed by atoms with van der Waals surface area (Å²) in [5.41, 5.74) is 5.53. The molecule has 2 nitrogen and oxygen atoms in total. The zero-order valence-electron chi connectivity index (χ0n) is 9.13. The second-order valence-corrected chi connectivity index (χ2v) is 4.34. The van der Waals surface area contributed by atoms with E-state index in [9.17, 15) is 0 Å². The number of likely N-dealkylation sites (tertiary alicyclic amines) is 1. The summed E-state index contributed by atoms with van der Waals surface area (Å²) in [6, 6.07) is 0.786. The van der Waals surface area contributed by atoms with Crippen molar-refractivity contribution >= 4 is 0 Å². The zero-order valence-corrected chi connectivity index (χ0v) is 9.13. The summed E-state index contributed by atoms with van der Waals surface area (Å²) in [5, 5.41) is 0. The van der Waals surface area contributed by atoms with Gasteiger partial charge in [-0.05, 0) is 45.2 Å². The van der Waals surface area contributed by atoms with Gasteiger partial charge in [-0.2, -0.15) is 0 Å². The van der Waals surface area contributed by atoms with Crippen LogP contribution in [0.3, 0.4) is 0 Å². The Kier molecular flexibility index (Phi) is 4.74. The number of nitrogens with two attached hydrogens (primary N) is 1. The van der Waals surface area contributed by atoms with Crippen molar-refractivity contribution in [3.63, 3.8) is 0 Å². The molecular weight excluding hydrogens is 160 g/mol. The molecule has 0 bridgehead atoms. The molecule has 1 rings (SSSR count). The molecule has 2 heteroatoms. The van der Waals surface area contributed by atoms with Gasteiger partial charge in [-0.3, -0.25) is 0 Å². The maximum atomic E-state index is 5.53. The molecule has 78 valence electrons. The molecule has 0 aromatic carbocycles. The number of piperidine rings is 1. The second kappa shape index (κ2) is 5.61. The first-order valence-corrected chi connectivity index (χ1v) is 5.72. The van der Waals surface area contributed by atoms with Gasteiger partial charge < -0.3 is 10.6 Å². The standard InChI is InChI=1S/C11H24N2/c1-3-11-6-5-10(2)13(9-11)8-4-7-12/h10-11H,3-9,12H2,1-2H3/t10-,11-/m1/s1. The molecule has 13 heavy (non-hydrogen) atoms. The van der Waals surface area contributed by atoms with Crippen LogP contribution in [0.15, 0.2) is 0 Å². The molecule has 1 saturated heterocycles. The number of nitrogens with zero attached hydrogens (tertiary/aromatic N) is 1. The van der Waals surface area contributed by atoms with Crippen LogP contribution < -0.4 is 5.73 Å². The molecule has 2 atom stereocenters. The summed E-state index contributed by atoms with van der Waals surface area (Å²) in [5.74, 6) is 0.939. The van der Waals surface area contributed by atoms with Crippen molar-refractivity contribution in [3.05, 3.63) is 0 Å². The van der Waals surface area contributed by atoms with Gasteiger partial charge in [0, 0.05) is 12.6 Å². The lowest BCUT2D eigenvalue weighted by Gasteiger charge is -2.37. The molecule has 1 fully saturated rings. The average molecular weight is 184 g/mol. The summed E-state index contributed by atoms with van der Waals surface area (Å²) in [6.45, 7) is 8.00. The van der Waals surface area contributed by atoms with Crippen molar-refractivity contribution < 1.29 is 0 Å². The zero-order chi connectivity index (χ0) is 9.68. The summed E-state index contributed by atoms with van der Waals surface area (Å²) >= 11 is 0. The SMILES string of the molecule is CC[C@@H]1CC[C@@H](C)N(CCCN)C1. The van der Waals surface area contributed by atoms with Gasteiger partial charge in [-0.25, -0.2) is 0 Å². The predicted molar refractivity (Wildman–Crippen MR) is 57.7 cm³/mol. The second-order valence-electron chi connectivity index (χ2n) is 4.34. The highest BCUT2D eigenvalue weighted by Gasteiger charge is 2.23. The lowest BCUT2D eigenvalue weighted by Crippen LogP contribution is -2.42. The number of hydrogen-bond donors (Lipinski definition) is 1. The predicted octanol–water partition coefficient (Wildman–Crippen LogP) is 1.85. The minimum Gasteiger partial charge on any atom is -0.330 e. The first-order chi connectivity index (χ1) is 6.27. The Labute approximate surface area is 82.5 Å². The van der Waals surface area contributed by atoms with E-state index in [1.165, 1.54) is 32.4 Å². The topological polar surface area (TPSA) is 29.3 Å². The van der Waals surface area contributed by atoms with Gasteiger partial charge >= 0.3 is 0 Å². The lowest BCUT2D eigenvalue weighted by atomic mass is 9.91. The van der Waals surface area contributed by atoms with Crippen LogP contribution in [0.1, 0.15) is 39.5 Å². The quantitative estimate of drug-likeness (QED) is 0.722. The molecular formula is C11H24N2. The Morgan fingerprint density at radius 3 is 2.77 bits per heavy atom. The Bertz CT molecular complexity index is 136. The first kappa shape index (κ1) is 11.0. The van der Waals surface area contributed by atoms with E-state index < -0.39 is 0 Å². The molecule has 1 heterocycles. The van der Waals surface area contributed by atoms with E-state index >= 15 is 0 Å². The smallest absolute Gasteiger partial charge is 0.00671 e. The largest absolute Gasteiger partial charge is 0.330 e. The van der Waals surface area contributed by atoms with Crippen molar-refractivity contribution in [1.82, 2.24) is 4.90 Å². The van der Waals surface area contributed by atoms with E-state index in [0.29, 0.717) is 0 Å². The van der Waals surface area contributed by atoms with Crippen LogP contribution in [-0.4, -0.2) is 30.6 Å². The third-order valence-corrected chi connectivity index (χ3v) is 3.34. The maximum Gasteiger partial charge on any atom is 0.00671 e. The Morgan fingerprint density at radius 2 is 2.15 bits per heavy atom. The molecule has 0 spiro atoms.